The number of aliphatic carboxylic acids is 1. The first-order valence-electron chi connectivity index (χ1n) is 25.1. The predicted octanol–water partition coefficient (Wildman–Crippen LogP) is 14.1. The Morgan fingerprint density at radius 1 is 0.448 bits per heavy atom. The van der Waals surface area contributed by atoms with Gasteiger partial charge in [-0.25, -0.2) is 4.79 Å². The molecule has 0 amide bonds. The number of rotatable bonds is 46. The molecule has 0 aromatic rings. The van der Waals surface area contributed by atoms with E-state index in [-0.39, 0.29) is 36.2 Å². The van der Waals surface area contributed by atoms with Crippen LogP contribution in [0, 0.1) is 0 Å². The topological polar surface area (TPSA) is 99.1 Å². The van der Waals surface area contributed by atoms with Crippen molar-refractivity contribution in [1.82, 2.24) is 0 Å². The van der Waals surface area contributed by atoms with Crippen molar-refractivity contribution in [3.05, 3.63) is 0 Å². The van der Waals surface area contributed by atoms with Gasteiger partial charge in [0.15, 0.2) is 12.1 Å². The molecule has 0 saturated heterocycles. The second kappa shape index (κ2) is 42.0. The fourth-order valence-electron chi connectivity index (χ4n) is 7.86. The van der Waals surface area contributed by atoms with Crippen LogP contribution in [-0.2, 0) is 28.6 Å². The molecule has 0 rings (SSSR count). The van der Waals surface area contributed by atoms with Crippen molar-refractivity contribution >= 4 is 17.9 Å². The number of quaternary nitrogens is 1. The van der Waals surface area contributed by atoms with Crippen molar-refractivity contribution in [2.24, 2.45) is 0 Å². The molecule has 0 aliphatic heterocycles. The molecule has 0 saturated carbocycles. The zero-order chi connectivity index (χ0) is 42.8. The monoisotopic (exact) mass is 825 g/mol. The average Bonchev–Trinajstić information content (AvgIpc) is 3.18. The Bertz CT molecular complexity index is 920. The van der Waals surface area contributed by atoms with Gasteiger partial charge in [-0.15, -0.1) is 0 Å². The van der Waals surface area contributed by atoms with E-state index in [2.05, 4.69) is 13.8 Å². The van der Waals surface area contributed by atoms with Gasteiger partial charge in [0.1, 0.15) is 6.61 Å². The highest BCUT2D eigenvalue weighted by molar-refractivity contribution is 5.72. The molecule has 0 aliphatic rings. The second-order valence-electron chi connectivity index (χ2n) is 18.4. The number of nitrogens with zero attached hydrogens (tertiary/aromatic N) is 1. The van der Waals surface area contributed by atoms with Crippen LogP contribution >= 0.6 is 0 Å². The first-order valence-corrected chi connectivity index (χ1v) is 25.1. The molecule has 1 N–H and O–H groups in total. The van der Waals surface area contributed by atoms with Gasteiger partial charge in [-0.2, -0.15) is 0 Å². The Balaban J connectivity index is 4.15. The molecule has 0 aromatic heterocycles. The second-order valence-corrected chi connectivity index (χ2v) is 18.4. The molecule has 8 heteroatoms. The minimum Gasteiger partial charge on any atom is -0.477 e. The van der Waals surface area contributed by atoms with Crippen LogP contribution in [0.3, 0.4) is 0 Å². The third-order valence-electron chi connectivity index (χ3n) is 11.8. The lowest BCUT2D eigenvalue weighted by Crippen LogP contribution is -2.50. The van der Waals surface area contributed by atoms with Gasteiger partial charge in [-0.3, -0.25) is 9.59 Å². The predicted molar refractivity (Wildman–Crippen MR) is 243 cm³/mol. The van der Waals surface area contributed by atoms with Gasteiger partial charge in [0, 0.05) is 19.3 Å². The largest absolute Gasteiger partial charge is 0.477 e. The van der Waals surface area contributed by atoms with E-state index in [1.54, 1.807) is 0 Å². The van der Waals surface area contributed by atoms with Crippen molar-refractivity contribution in [3.8, 4) is 0 Å². The van der Waals surface area contributed by atoms with Crippen molar-refractivity contribution in [2.75, 3.05) is 41.0 Å². The molecule has 0 heterocycles. The summed E-state index contributed by atoms with van der Waals surface area (Å²) >= 11 is 0. The first kappa shape index (κ1) is 56.3. The summed E-state index contributed by atoms with van der Waals surface area (Å²) in [5.41, 5.74) is 0. The zero-order valence-corrected chi connectivity index (χ0v) is 39.3. The maximum Gasteiger partial charge on any atom is 0.362 e. The van der Waals surface area contributed by atoms with E-state index < -0.39 is 18.1 Å². The summed E-state index contributed by atoms with van der Waals surface area (Å²) in [6.45, 7) is 4.78. The zero-order valence-electron chi connectivity index (χ0n) is 39.3. The SMILES string of the molecule is CCCCCCCCCCCCCCCCCCCCCCCCC(=O)OC(COCCC(C(=O)O)[N+](C)(C)C)COC(=O)CCCCCCCCCCCCCC. The van der Waals surface area contributed by atoms with Crippen LogP contribution in [0.25, 0.3) is 0 Å². The quantitative estimate of drug-likeness (QED) is 0.0371. The Labute approximate surface area is 359 Å². The maximum absolute atomic E-state index is 12.8. The highest BCUT2D eigenvalue weighted by Crippen LogP contribution is 2.17. The fraction of sp³-hybridized carbons (Fsp3) is 0.940. The number of esters is 2. The molecule has 344 valence electrons. The lowest BCUT2D eigenvalue weighted by Gasteiger charge is -2.31. The highest BCUT2D eigenvalue weighted by Gasteiger charge is 2.31. The van der Waals surface area contributed by atoms with E-state index >= 15 is 0 Å². The van der Waals surface area contributed by atoms with Crippen molar-refractivity contribution in [1.29, 1.82) is 0 Å². The number of unbranched alkanes of at least 4 members (excludes halogenated alkanes) is 32. The highest BCUT2D eigenvalue weighted by atomic mass is 16.6. The number of carbonyl (C=O) groups is 3. The minimum absolute atomic E-state index is 0.0418. The normalized spacial score (nSPS) is 12.8. The lowest BCUT2D eigenvalue weighted by atomic mass is 10.0. The van der Waals surface area contributed by atoms with Crippen LogP contribution in [0.1, 0.15) is 251 Å². The summed E-state index contributed by atoms with van der Waals surface area (Å²) in [6.07, 6.45) is 44.4. The van der Waals surface area contributed by atoms with E-state index in [0.29, 0.717) is 19.3 Å². The van der Waals surface area contributed by atoms with Crippen LogP contribution in [0.15, 0.2) is 0 Å². The van der Waals surface area contributed by atoms with Gasteiger partial charge >= 0.3 is 17.9 Å². The molecule has 0 spiro atoms. The molecule has 2 atom stereocenters. The van der Waals surface area contributed by atoms with Crippen LogP contribution in [0.2, 0.25) is 0 Å². The number of ether oxygens (including phenoxy) is 3. The van der Waals surface area contributed by atoms with Crippen molar-refractivity contribution in [3.63, 3.8) is 0 Å². The van der Waals surface area contributed by atoms with E-state index in [4.69, 9.17) is 14.2 Å². The van der Waals surface area contributed by atoms with Gasteiger partial charge in [0.25, 0.3) is 0 Å². The van der Waals surface area contributed by atoms with Gasteiger partial charge in [-0.1, -0.05) is 219 Å². The molecule has 2 unspecified atom stereocenters. The third kappa shape index (κ3) is 39.8. The first-order chi connectivity index (χ1) is 28.1. The molecule has 0 bridgehead atoms. The van der Waals surface area contributed by atoms with Crippen LogP contribution in [-0.4, -0.2) is 80.6 Å². The molecule has 58 heavy (non-hydrogen) atoms. The fourth-order valence-corrected chi connectivity index (χ4v) is 7.86. The van der Waals surface area contributed by atoms with Gasteiger partial charge < -0.3 is 23.8 Å². The molecule has 0 fully saturated rings. The molecule has 0 radical (unpaired) electrons. The summed E-state index contributed by atoms with van der Waals surface area (Å²) in [4.78, 5) is 37.0. The van der Waals surface area contributed by atoms with E-state index in [0.717, 1.165) is 38.5 Å². The minimum atomic E-state index is -0.869. The Morgan fingerprint density at radius 2 is 0.759 bits per heavy atom. The number of carboxylic acids is 1. The Kier molecular flexibility index (Phi) is 40.8. The van der Waals surface area contributed by atoms with E-state index in [9.17, 15) is 19.5 Å². The summed E-state index contributed by atoms with van der Waals surface area (Å²) in [7, 11) is 5.55. The van der Waals surface area contributed by atoms with Gasteiger partial charge in [-0.05, 0) is 12.8 Å². The smallest absolute Gasteiger partial charge is 0.362 e. The van der Waals surface area contributed by atoms with Gasteiger partial charge in [0.2, 0.25) is 0 Å². The number of carbonyl (C=O) groups excluding carboxylic acids is 2. The van der Waals surface area contributed by atoms with Crippen LogP contribution < -0.4 is 0 Å². The molecular weight excluding hydrogens is 727 g/mol. The van der Waals surface area contributed by atoms with Gasteiger partial charge in [0.05, 0.1) is 34.4 Å². The molecule has 8 nitrogen and oxygen atoms in total. The van der Waals surface area contributed by atoms with E-state index in [1.165, 1.54) is 180 Å². The number of likely N-dealkylation sites (N-methyl/N-ethyl adjacent to an activating group) is 1. The Hall–Kier alpha value is -1.67. The van der Waals surface area contributed by atoms with Crippen LogP contribution in [0.4, 0.5) is 0 Å². The number of carboxylic acid groups (broad SMARTS) is 1. The third-order valence-corrected chi connectivity index (χ3v) is 11.8. The van der Waals surface area contributed by atoms with E-state index in [1.807, 2.05) is 21.1 Å². The molecule has 0 aliphatic carbocycles. The maximum atomic E-state index is 12.8. The lowest BCUT2D eigenvalue weighted by molar-refractivity contribution is -0.887. The number of hydrogen-bond donors (Lipinski definition) is 1. The Morgan fingerprint density at radius 3 is 1.07 bits per heavy atom. The molecule has 0 aromatic carbocycles. The summed E-state index contributed by atoms with van der Waals surface area (Å²) in [5.74, 6) is -1.44. The number of hydrogen-bond acceptors (Lipinski definition) is 6. The van der Waals surface area contributed by atoms with Crippen molar-refractivity contribution < 1.29 is 38.2 Å². The van der Waals surface area contributed by atoms with Crippen molar-refractivity contribution in [2.45, 2.75) is 264 Å². The summed E-state index contributed by atoms with van der Waals surface area (Å²) in [5, 5.41) is 9.63. The van der Waals surface area contributed by atoms with Crippen LogP contribution in [0.5, 0.6) is 0 Å². The standard InChI is InChI=1S/C50H97NO7/c1-6-8-10-12-14-16-18-20-21-22-23-24-25-26-27-28-29-31-33-35-37-39-41-49(53)58-46(44-56-43-42-47(50(54)55)51(3,4)5)45-57-48(52)40-38-36-34-32-30-19-17-15-13-11-9-7-2/h46-47H,6-45H2,1-5H3/p+1. The summed E-state index contributed by atoms with van der Waals surface area (Å²) in [6, 6.07) is -0.608. The molecular formula is C50H98NO7+. The summed E-state index contributed by atoms with van der Waals surface area (Å²) < 4.78 is 17.3. The average molecular weight is 825 g/mol.